The molecule has 0 aliphatic carbocycles. The van der Waals surface area contributed by atoms with Gasteiger partial charge in [-0.15, -0.1) is 0 Å². The summed E-state index contributed by atoms with van der Waals surface area (Å²) >= 11 is 0. The van der Waals surface area contributed by atoms with E-state index in [0.717, 1.165) is 12.8 Å². The molecule has 0 aliphatic rings. The second-order valence-corrected chi connectivity index (χ2v) is 8.53. The zero-order valence-corrected chi connectivity index (χ0v) is 18.1. The van der Waals surface area contributed by atoms with E-state index in [9.17, 15) is 4.57 Å². The van der Waals surface area contributed by atoms with Crippen LogP contribution in [0.25, 0.3) is 0 Å². The third-order valence-corrected chi connectivity index (χ3v) is 5.21. The molecule has 0 rings (SSSR count). The van der Waals surface area contributed by atoms with Crippen LogP contribution in [0.4, 0.5) is 0 Å². The highest BCUT2D eigenvalue weighted by atomic mass is 31.2. The van der Waals surface area contributed by atoms with Crippen LogP contribution >= 0.6 is 7.82 Å². The lowest BCUT2D eigenvalue weighted by atomic mass is 10.0. The van der Waals surface area contributed by atoms with Crippen molar-refractivity contribution < 1.29 is 23.6 Å². The maximum atomic E-state index is 10.6. The molecule has 0 aromatic carbocycles. The SMILES string of the molecule is CCCCCCCCCCCCCCCCCCOC(C)OP(=O)(O)O. The van der Waals surface area contributed by atoms with Crippen molar-refractivity contribution in [2.75, 3.05) is 6.61 Å². The van der Waals surface area contributed by atoms with Gasteiger partial charge >= 0.3 is 7.82 Å². The number of ether oxygens (including phenoxy) is 1. The monoisotopic (exact) mass is 394 g/mol. The van der Waals surface area contributed by atoms with Gasteiger partial charge in [-0.3, -0.25) is 4.52 Å². The highest BCUT2D eigenvalue weighted by Gasteiger charge is 2.18. The molecular weight excluding hydrogens is 351 g/mol. The van der Waals surface area contributed by atoms with E-state index in [1.165, 1.54) is 96.8 Å². The maximum absolute atomic E-state index is 10.6. The first-order valence-electron chi connectivity index (χ1n) is 10.8. The van der Waals surface area contributed by atoms with Gasteiger partial charge in [0.25, 0.3) is 0 Å². The van der Waals surface area contributed by atoms with Gasteiger partial charge in [-0.1, -0.05) is 103 Å². The molecule has 2 N–H and O–H groups in total. The van der Waals surface area contributed by atoms with Gasteiger partial charge in [-0.05, 0) is 13.3 Å². The Kier molecular flexibility index (Phi) is 18.5. The molecule has 0 amide bonds. The molecule has 0 heterocycles. The Balaban J connectivity index is 3.12. The Hall–Kier alpha value is 0.0700. The summed E-state index contributed by atoms with van der Waals surface area (Å²) in [5, 5.41) is 0. The van der Waals surface area contributed by atoms with Crippen LogP contribution in [0.15, 0.2) is 0 Å². The van der Waals surface area contributed by atoms with Gasteiger partial charge in [-0.25, -0.2) is 4.57 Å². The minimum Gasteiger partial charge on any atom is -0.352 e. The van der Waals surface area contributed by atoms with Crippen molar-refractivity contribution in [3.63, 3.8) is 0 Å². The number of phosphoric acid groups is 1. The van der Waals surface area contributed by atoms with Crippen molar-refractivity contribution in [3.05, 3.63) is 0 Å². The van der Waals surface area contributed by atoms with E-state index in [-0.39, 0.29) is 0 Å². The van der Waals surface area contributed by atoms with Gasteiger partial charge in [0.15, 0.2) is 6.29 Å². The van der Waals surface area contributed by atoms with E-state index in [0.29, 0.717) is 6.61 Å². The molecular formula is C20H43O5P. The largest absolute Gasteiger partial charge is 0.471 e. The number of unbranched alkanes of at least 4 members (excludes halogenated alkanes) is 15. The van der Waals surface area contributed by atoms with Crippen LogP contribution in [-0.2, 0) is 13.8 Å². The molecule has 0 fully saturated rings. The van der Waals surface area contributed by atoms with E-state index in [1.54, 1.807) is 0 Å². The van der Waals surface area contributed by atoms with Gasteiger partial charge in [0.1, 0.15) is 0 Å². The highest BCUT2D eigenvalue weighted by Crippen LogP contribution is 2.37. The first-order valence-corrected chi connectivity index (χ1v) is 12.3. The van der Waals surface area contributed by atoms with Gasteiger partial charge < -0.3 is 14.5 Å². The van der Waals surface area contributed by atoms with E-state index >= 15 is 0 Å². The second kappa shape index (κ2) is 18.4. The summed E-state index contributed by atoms with van der Waals surface area (Å²) in [5.74, 6) is 0. The predicted molar refractivity (Wildman–Crippen MR) is 108 cm³/mol. The zero-order valence-electron chi connectivity index (χ0n) is 17.2. The minimum atomic E-state index is -4.44. The topological polar surface area (TPSA) is 76.0 Å². The summed E-state index contributed by atoms with van der Waals surface area (Å²) in [5.41, 5.74) is 0. The average molecular weight is 395 g/mol. The van der Waals surface area contributed by atoms with E-state index in [1.807, 2.05) is 0 Å². The molecule has 26 heavy (non-hydrogen) atoms. The van der Waals surface area contributed by atoms with Crippen LogP contribution in [0.3, 0.4) is 0 Å². The molecule has 1 unspecified atom stereocenters. The first-order chi connectivity index (χ1) is 12.5. The second-order valence-electron chi connectivity index (χ2n) is 7.34. The number of hydrogen-bond donors (Lipinski definition) is 2. The standard InChI is InChI=1S/C20H43O5P/c1-3-4-5-6-7-8-9-10-11-12-13-14-15-16-17-18-19-24-20(2)25-26(21,22)23/h20H,3-19H2,1-2H3,(H2,21,22,23). The summed E-state index contributed by atoms with van der Waals surface area (Å²) < 4.78 is 20.2. The lowest BCUT2D eigenvalue weighted by Crippen LogP contribution is -2.12. The van der Waals surface area contributed by atoms with E-state index in [2.05, 4.69) is 11.4 Å². The Morgan fingerprint density at radius 1 is 0.692 bits per heavy atom. The number of rotatable bonds is 20. The summed E-state index contributed by atoms with van der Waals surface area (Å²) in [6, 6.07) is 0. The van der Waals surface area contributed by atoms with Gasteiger partial charge in [0.2, 0.25) is 0 Å². The molecule has 0 radical (unpaired) electrons. The molecule has 0 aliphatic heterocycles. The molecule has 158 valence electrons. The van der Waals surface area contributed by atoms with Crippen molar-refractivity contribution >= 4 is 7.82 Å². The summed E-state index contributed by atoms with van der Waals surface area (Å²) in [7, 11) is -4.44. The molecule has 0 aromatic heterocycles. The van der Waals surface area contributed by atoms with Crippen LogP contribution in [0.2, 0.25) is 0 Å². The van der Waals surface area contributed by atoms with Gasteiger partial charge in [-0.2, -0.15) is 0 Å². The Bertz CT molecular complexity index is 332. The van der Waals surface area contributed by atoms with Crippen LogP contribution < -0.4 is 0 Å². The minimum absolute atomic E-state index is 0.486. The smallest absolute Gasteiger partial charge is 0.352 e. The Morgan fingerprint density at radius 3 is 1.38 bits per heavy atom. The van der Waals surface area contributed by atoms with Crippen molar-refractivity contribution in [1.29, 1.82) is 0 Å². The maximum Gasteiger partial charge on any atom is 0.471 e. The molecule has 0 saturated heterocycles. The van der Waals surface area contributed by atoms with Crippen LogP contribution in [0.1, 0.15) is 117 Å². The van der Waals surface area contributed by atoms with Crippen molar-refractivity contribution in [2.45, 2.75) is 123 Å². The molecule has 0 spiro atoms. The fourth-order valence-electron chi connectivity index (χ4n) is 3.12. The fourth-order valence-corrected chi connectivity index (χ4v) is 3.57. The summed E-state index contributed by atoms with van der Waals surface area (Å²) in [6.45, 7) is 4.26. The number of hydrogen-bond acceptors (Lipinski definition) is 3. The van der Waals surface area contributed by atoms with Crippen LogP contribution in [-0.4, -0.2) is 22.7 Å². The molecule has 0 bridgehead atoms. The van der Waals surface area contributed by atoms with Gasteiger partial charge in [0, 0.05) is 6.61 Å². The molecule has 0 saturated carbocycles. The zero-order chi connectivity index (χ0) is 19.5. The van der Waals surface area contributed by atoms with Crippen molar-refractivity contribution in [2.24, 2.45) is 0 Å². The van der Waals surface area contributed by atoms with Crippen LogP contribution in [0, 0.1) is 0 Å². The lowest BCUT2D eigenvalue weighted by Gasteiger charge is -2.14. The van der Waals surface area contributed by atoms with E-state index in [4.69, 9.17) is 14.5 Å². The fraction of sp³-hybridized carbons (Fsp3) is 1.00. The van der Waals surface area contributed by atoms with E-state index < -0.39 is 14.1 Å². The number of phosphoric ester groups is 1. The normalized spacial score (nSPS) is 13.2. The van der Waals surface area contributed by atoms with Crippen molar-refractivity contribution in [1.82, 2.24) is 0 Å². The molecule has 6 heteroatoms. The summed E-state index contributed by atoms with van der Waals surface area (Å²) in [6.07, 6.45) is 20.3. The van der Waals surface area contributed by atoms with Gasteiger partial charge in [0.05, 0.1) is 0 Å². The predicted octanol–water partition coefficient (Wildman–Crippen LogP) is 6.72. The highest BCUT2D eigenvalue weighted by molar-refractivity contribution is 7.46. The Morgan fingerprint density at radius 2 is 1.04 bits per heavy atom. The third-order valence-electron chi connectivity index (χ3n) is 4.64. The molecule has 1 atom stereocenters. The molecule has 0 aromatic rings. The first kappa shape index (κ1) is 26.1. The Labute approximate surface area is 161 Å². The summed E-state index contributed by atoms with van der Waals surface area (Å²) in [4.78, 5) is 17.3. The van der Waals surface area contributed by atoms with Crippen LogP contribution in [0.5, 0.6) is 0 Å². The average Bonchev–Trinajstić information content (AvgIpc) is 2.56. The van der Waals surface area contributed by atoms with Crippen molar-refractivity contribution in [3.8, 4) is 0 Å². The third kappa shape index (κ3) is 22.1. The molecule has 5 nitrogen and oxygen atoms in total. The lowest BCUT2D eigenvalue weighted by molar-refractivity contribution is -0.0802. The quantitative estimate of drug-likeness (QED) is 0.136.